The van der Waals surface area contributed by atoms with Gasteiger partial charge in [-0.15, -0.1) is 0 Å². The van der Waals surface area contributed by atoms with E-state index in [1.165, 1.54) is 16.7 Å². The Balaban J connectivity index is 1.45. The Bertz CT molecular complexity index is 1450. The number of ether oxygens (including phenoxy) is 1. The molecule has 1 aromatic heterocycles. The number of aryl methyl sites for hydroxylation is 1. The van der Waals surface area contributed by atoms with Gasteiger partial charge in [0.25, 0.3) is 5.56 Å². The topological polar surface area (TPSA) is 56.5 Å². The fourth-order valence-electron chi connectivity index (χ4n) is 4.63. The Morgan fingerprint density at radius 2 is 1.72 bits per heavy atom. The van der Waals surface area contributed by atoms with Gasteiger partial charge in [-0.3, -0.25) is 4.79 Å². The molecular weight excluding hydrogens is 582 g/mol. The minimum absolute atomic E-state index is 0.131. The first kappa shape index (κ1) is 24.9. The lowest BCUT2D eigenvalue weighted by atomic mass is 9.88. The van der Waals surface area contributed by atoms with Crippen molar-refractivity contribution >= 4 is 49.0 Å². The molecule has 0 spiro atoms. The minimum atomic E-state index is -0.131. The summed E-state index contributed by atoms with van der Waals surface area (Å²) in [6.45, 7) is 2.53. The zero-order valence-electron chi connectivity index (χ0n) is 20.1. The maximum Gasteiger partial charge on any atom is 0.282 e. The van der Waals surface area contributed by atoms with E-state index < -0.39 is 0 Å². The molecule has 0 aliphatic heterocycles. The Morgan fingerprint density at radius 3 is 2.44 bits per heavy atom. The van der Waals surface area contributed by atoms with Crippen LogP contribution in [-0.2, 0) is 6.61 Å². The highest BCUT2D eigenvalue weighted by Crippen LogP contribution is 2.35. The largest absolute Gasteiger partial charge is 0.487 e. The zero-order valence-corrected chi connectivity index (χ0v) is 23.3. The molecular formula is C29H27Br2N3O2. The number of halogens is 2. The van der Waals surface area contributed by atoms with Crippen LogP contribution >= 0.6 is 31.9 Å². The highest BCUT2D eigenvalue weighted by Gasteiger charge is 2.22. The summed E-state index contributed by atoms with van der Waals surface area (Å²) in [5, 5.41) is 5.23. The molecule has 1 aliphatic carbocycles. The van der Waals surface area contributed by atoms with E-state index in [1.54, 1.807) is 6.21 Å². The highest BCUT2D eigenvalue weighted by atomic mass is 79.9. The van der Waals surface area contributed by atoms with E-state index in [9.17, 15) is 4.79 Å². The van der Waals surface area contributed by atoms with E-state index in [4.69, 9.17) is 9.72 Å². The van der Waals surface area contributed by atoms with Gasteiger partial charge in [0.05, 0.1) is 26.1 Å². The van der Waals surface area contributed by atoms with Crippen molar-refractivity contribution in [1.29, 1.82) is 0 Å². The third kappa shape index (κ3) is 5.47. The summed E-state index contributed by atoms with van der Waals surface area (Å²) in [6, 6.07) is 19.7. The molecule has 0 saturated heterocycles. The first-order chi connectivity index (χ1) is 17.5. The molecule has 36 heavy (non-hydrogen) atoms. The van der Waals surface area contributed by atoms with Crippen molar-refractivity contribution in [2.75, 3.05) is 0 Å². The second-order valence-corrected chi connectivity index (χ2v) is 11.0. The summed E-state index contributed by atoms with van der Waals surface area (Å²) in [4.78, 5) is 18.3. The third-order valence-corrected chi connectivity index (χ3v) is 7.77. The molecule has 184 valence electrons. The van der Waals surface area contributed by atoms with E-state index in [2.05, 4.69) is 68.2 Å². The molecule has 1 heterocycles. The van der Waals surface area contributed by atoms with Crippen molar-refractivity contribution in [1.82, 2.24) is 9.66 Å². The van der Waals surface area contributed by atoms with Crippen LogP contribution < -0.4 is 10.3 Å². The Morgan fingerprint density at radius 1 is 1.03 bits per heavy atom. The number of nitrogens with zero attached hydrogens (tertiary/aromatic N) is 3. The van der Waals surface area contributed by atoms with Gasteiger partial charge in [-0.25, -0.2) is 4.98 Å². The normalized spacial score (nSPS) is 14.5. The van der Waals surface area contributed by atoms with Crippen LogP contribution in [0.5, 0.6) is 5.75 Å². The van der Waals surface area contributed by atoms with Gasteiger partial charge in [-0.1, -0.05) is 61.2 Å². The molecule has 5 nitrogen and oxygen atoms in total. The van der Waals surface area contributed by atoms with E-state index in [-0.39, 0.29) is 11.5 Å². The van der Waals surface area contributed by atoms with Gasteiger partial charge in [-0.05, 0) is 87.0 Å². The molecule has 4 aromatic rings. The second-order valence-electron chi connectivity index (χ2n) is 9.27. The molecule has 0 amide bonds. The van der Waals surface area contributed by atoms with Crippen LogP contribution in [0.1, 0.15) is 60.5 Å². The Hall–Kier alpha value is -2.77. The maximum atomic E-state index is 13.4. The Labute approximate surface area is 227 Å². The fourth-order valence-corrected chi connectivity index (χ4v) is 6.08. The summed E-state index contributed by atoms with van der Waals surface area (Å²) in [5.74, 6) is 1.72. The number of rotatable bonds is 6. The number of hydrogen-bond donors (Lipinski definition) is 0. The monoisotopic (exact) mass is 607 g/mol. The van der Waals surface area contributed by atoms with Crippen molar-refractivity contribution in [3.05, 3.63) is 102 Å². The van der Waals surface area contributed by atoms with Gasteiger partial charge < -0.3 is 4.74 Å². The minimum Gasteiger partial charge on any atom is -0.487 e. The lowest BCUT2D eigenvalue weighted by Crippen LogP contribution is -2.25. The number of benzene rings is 3. The van der Waals surface area contributed by atoms with E-state index in [0.29, 0.717) is 12.0 Å². The van der Waals surface area contributed by atoms with Gasteiger partial charge in [0.2, 0.25) is 0 Å². The molecule has 0 atom stereocenters. The van der Waals surface area contributed by atoms with Gasteiger partial charge in [0.15, 0.2) is 0 Å². The summed E-state index contributed by atoms with van der Waals surface area (Å²) in [6.07, 6.45) is 7.32. The van der Waals surface area contributed by atoms with Crippen LogP contribution in [0.3, 0.4) is 0 Å². The summed E-state index contributed by atoms with van der Waals surface area (Å²) in [5.41, 5.74) is 3.76. The standard InChI is InChI=1S/C29H27Br2N3O2/c1-19-11-13-20(14-12-19)18-36-27-24(30)15-21(16-25(27)31)17-32-34-28(22-7-3-2-4-8-22)33-26-10-6-5-9-23(26)29(34)35/h5-6,9-17,22H,2-4,7-8,18H2,1H3. The molecule has 7 heteroatoms. The molecule has 1 saturated carbocycles. The highest BCUT2D eigenvalue weighted by molar-refractivity contribution is 9.11. The SMILES string of the molecule is Cc1ccc(COc2c(Br)cc(C=Nn3c(C4CCCCC4)nc4ccccc4c3=O)cc2Br)cc1. The third-order valence-electron chi connectivity index (χ3n) is 6.60. The molecule has 5 rings (SSSR count). The van der Waals surface area contributed by atoms with Crippen molar-refractivity contribution in [3.63, 3.8) is 0 Å². The lowest BCUT2D eigenvalue weighted by molar-refractivity contribution is 0.302. The van der Waals surface area contributed by atoms with Crippen LogP contribution in [0, 0.1) is 6.92 Å². The van der Waals surface area contributed by atoms with E-state index >= 15 is 0 Å². The smallest absolute Gasteiger partial charge is 0.282 e. The second kappa shape index (κ2) is 11.1. The predicted molar refractivity (Wildman–Crippen MR) is 152 cm³/mol. The summed E-state index contributed by atoms with van der Waals surface area (Å²) < 4.78 is 9.19. The number of aromatic nitrogens is 2. The van der Waals surface area contributed by atoms with Crippen molar-refractivity contribution in [2.45, 2.75) is 51.6 Å². The summed E-state index contributed by atoms with van der Waals surface area (Å²) >= 11 is 7.27. The number of fused-ring (bicyclic) bond motifs is 1. The Kier molecular flexibility index (Phi) is 7.67. The van der Waals surface area contributed by atoms with E-state index in [0.717, 1.165) is 62.8 Å². The van der Waals surface area contributed by atoms with Gasteiger partial charge in [0.1, 0.15) is 18.2 Å². The first-order valence-electron chi connectivity index (χ1n) is 12.2. The average Bonchev–Trinajstić information content (AvgIpc) is 2.89. The number of para-hydroxylation sites is 1. The van der Waals surface area contributed by atoms with Crippen molar-refractivity contribution < 1.29 is 4.74 Å². The molecule has 0 unspecified atom stereocenters. The summed E-state index contributed by atoms with van der Waals surface area (Å²) in [7, 11) is 0. The van der Waals surface area contributed by atoms with Crippen LogP contribution in [0.15, 0.2) is 79.5 Å². The van der Waals surface area contributed by atoms with Crippen LogP contribution in [0.2, 0.25) is 0 Å². The van der Waals surface area contributed by atoms with E-state index in [1.807, 2.05) is 36.4 Å². The quantitative estimate of drug-likeness (QED) is 0.210. The van der Waals surface area contributed by atoms with Crippen LogP contribution in [0.25, 0.3) is 10.9 Å². The molecule has 0 radical (unpaired) electrons. The zero-order chi connectivity index (χ0) is 25.1. The van der Waals surface area contributed by atoms with Crippen molar-refractivity contribution in [3.8, 4) is 5.75 Å². The maximum absolute atomic E-state index is 13.4. The van der Waals surface area contributed by atoms with Crippen LogP contribution in [-0.4, -0.2) is 15.9 Å². The molecule has 0 N–H and O–H groups in total. The lowest BCUT2D eigenvalue weighted by Gasteiger charge is -2.22. The predicted octanol–water partition coefficient (Wildman–Crippen LogP) is 7.74. The van der Waals surface area contributed by atoms with Crippen LogP contribution in [0.4, 0.5) is 0 Å². The molecule has 1 aliphatic rings. The fraction of sp³-hybridized carbons (Fsp3) is 0.276. The first-order valence-corrected chi connectivity index (χ1v) is 13.8. The molecule has 3 aromatic carbocycles. The van der Waals surface area contributed by atoms with Gasteiger partial charge in [-0.2, -0.15) is 9.78 Å². The van der Waals surface area contributed by atoms with Crippen molar-refractivity contribution in [2.24, 2.45) is 5.10 Å². The number of hydrogen-bond acceptors (Lipinski definition) is 4. The molecule has 0 bridgehead atoms. The van der Waals surface area contributed by atoms with Gasteiger partial charge in [0, 0.05) is 5.92 Å². The average molecular weight is 609 g/mol. The molecule has 1 fully saturated rings. The van der Waals surface area contributed by atoms with Gasteiger partial charge >= 0.3 is 0 Å².